The number of aromatic carboxylic acids is 1. The molecule has 0 aliphatic rings. The summed E-state index contributed by atoms with van der Waals surface area (Å²) in [6, 6.07) is 3.81. The molecule has 0 saturated heterocycles. The molecule has 0 bridgehead atoms. The topological polar surface area (TPSA) is 97.3 Å². The number of nitrogens with one attached hydrogen (secondary N) is 1. The fourth-order valence-electron chi connectivity index (χ4n) is 1.67. The molecule has 0 fully saturated rings. The van der Waals surface area contributed by atoms with Gasteiger partial charge in [0.2, 0.25) is 11.4 Å². The number of hydrogen-bond donors (Lipinski definition) is 3. The number of carbonyl (C=O) groups is 1. The maximum absolute atomic E-state index is 13.6. The van der Waals surface area contributed by atoms with Gasteiger partial charge in [0.25, 0.3) is 0 Å². The maximum atomic E-state index is 13.6. The molecule has 0 aliphatic carbocycles. The van der Waals surface area contributed by atoms with Crippen molar-refractivity contribution in [1.82, 2.24) is 4.79 Å². The number of nitrogens with two attached hydrogens (primary N) is 1. The van der Waals surface area contributed by atoms with Crippen LogP contribution in [0.2, 0.25) is 0 Å². The van der Waals surface area contributed by atoms with Gasteiger partial charge in [-0.1, -0.05) is 10.5 Å². The lowest BCUT2D eigenvalue weighted by Crippen LogP contribution is -2.23. The molecule has 0 aliphatic heterocycles. The molecule has 0 saturated carbocycles. The van der Waals surface area contributed by atoms with E-state index in [0.717, 1.165) is 6.07 Å². The summed E-state index contributed by atoms with van der Waals surface area (Å²) < 4.78 is 27.0. The molecule has 0 radical (unpaired) electrons. The van der Waals surface area contributed by atoms with E-state index in [1.807, 2.05) is 0 Å². The molecule has 0 amide bonds. The third-order valence-corrected chi connectivity index (χ3v) is 2.46. The van der Waals surface area contributed by atoms with Crippen LogP contribution in [0.4, 0.5) is 14.6 Å². The van der Waals surface area contributed by atoms with Gasteiger partial charge in [0.1, 0.15) is 0 Å². The van der Waals surface area contributed by atoms with Crippen molar-refractivity contribution >= 4 is 22.6 Å². The normalized spacial score (nSPS) is 10.6. The third kappa shape index (κ3) is 1.51. The molecule has 18 heavy (non-hydrogen) atoms. The molecule has 1 aromatic carbocycles. The number of hydrogen-bond acceptors (Lipinski definition) is 4. The van der Waals surface area contributed by atoms with Crippen molar-refractivity contribution in [3.63, 3.8) is 0 Å². The Bertz CT molecular complexity index is 712. The van der Waals surface area contributed by atoms with Crippen LogP contribution < -0.4 is 16.7 Å². The highest BCUT2D eigenvalue weighted by molar-refractivity contribution is 5.97. The van der Waals surface area contributed by atoms with Gasteiger partial charge in [-0.05, 0) is 12.1 Å². The number of carboxylic acid groups (broad SMARTS) is 1. The Morgan fingerprint density at radius 3 is 2.67 bits per heavy atom. The Kier molecular flexibility index (Phi) is 2.71. The van der Waals surface area contributed by atoms with Gasteiger partial charge >= 0.3 is 5.97 Å². The molecule has 0 spiro atoms. The predicted octanol–water partition coefficient (Wildman–Crippen LogP) is 0.857. The first-order valence-corrected chi connectivity index (χ1v) is 4.72. The zero-order chi connectivity index (χ0) is 13.4. The first-order valence-electron chi connectivity index (χ1n) is 4.72. The molecule has 94 valence electrons. The average molecular weight is 255 g/mol. The van der Waals surface area contributed by atoms with Crippen molar-refractivity contribution in [1.29, 1.82) is 0 Å². The molecule has 0 atom stereocenters. The van der Waals surface area contributed by atoms with Crippen molar-refractivity contribution in [3.8, 4) is 0 Å². The molecule has 8 heteroatoms. The van der Waals surface area contributed by atoms with E-state index in [9.17, 15) is 18.5 Å². The third-order valence-electron chi connectivity index (χ3n) is 2.46. The SMILES string of the molecule is NNc1cccc2c1c(=O)c(C(=O)O)c(F)n2F. The van der Waals surface area contributed by atoms with Crippen molar-refractivity contribution in [2.24, 2.45) is 5.84 Å². The molecule has 4 N–H and O–H groups in total. The van der Waals surface area contributed by atoms with Gasteiger partial charge in [0.05, 0.1) is 16.6 Å². The van der Waals surface area contributed by atoms with Gasteiger partial charge in [-0.25, -0.2) is 4.79 Å². The van der Waals surface area contributed by atoms with Crippen LogP contribution >= 0.6 is 0 Å². The Hall–Kier alpha value is -2.48. The summed E-state index contributed by atoms with van der Waals surface area (Å²) in [7, 11) is 0. The Morgan fingerprint density at radius 2 is 2.11 bits per heavy atom. The number of anilines is 1. The molecule has 6 nitrogen and oxygen atoms in total. The van der Waals surface area contributed by atoms with Crippen molar-refractivity contribution < 1.29 is 18.8 Å². The molecule has 1 aromatic heterocycles. The van der Waals surface area contributed by atoms with Gasteiger partial charge < -0.3 is 10.5 Å². The van der Waals surface area contributed by atoms with Crippen LogP contribution in [0, 0.1) is 5.95 Å². The highest BCUT2D eigenvalue weighted by Gasteiger charge is 2.23. The molecule has 2 aromatic rings. The number of pyridine rings is 1. The number of fused-ring (bicyclic) bond motifs is 1. The van der Waals surface area contributed by atoms with E-state index >= 15 is 0 Å². The lowest BCUT2D eigenvalue weighted by atomic mass is 10.1. The number of rotatable bonds is 2. The fourth-order valence-corrected chi connectivity index (χ4v) is 1.67. The Morgan fingerprint density at radius 1 is 1.44 bits per heavy atom. The van der Waals surface area contributed by atoms with E-state index in [2.05, 4.69) is 5.43 Å². The smallest absolute Gasteiger partial charge is 0.344 e. The predicted molar refractivity (Wildman–Crippen MR) is 59.4 cm³/mol. The molecular weight excluding hydrogens is 248 g/mol. The van der Waals surface area contributed by atoms with E-state index in [4.69, 9.17) is 10.9 Å². The second kappa shape index (κ2) is 4.08. The molecule has 2 rings (SSSR count). The maximum Gasteiger partial charge on any atom is 0.344 e. The van der Waals surface area contributed by atoms with E-state index in [-0.39, 0.29) is 11.1 Å². The van der Waals surface area contributed by atoms with E-state index in [1.54, 1.807) is 0 Å². The Labute approximate surface area is 98.2 Å². The molecular formula is C10H7F2N3O3. The van der Waals surface area contributed by atoms with Crippen molar-refractivity contribution in [2.75, 3.05) is 5.43 Å². The van der Waals surface area contributed by atoms with Crippen LogP contribution in [0.25, 0.3) is 10.9 Å². The van der Waals surface area contributed by atoms with Gasteiger partial charge in [-0.3, -0.25) is 10.6 Å². The number of halogens is 2. The van der Waals surface area contributed by atoms with E-state index in [1.165, 1.54) is 12.1 Å². The number of nitrogen functional groups attached to an aromatic ring is 1. The summed E-state index contributed by atoms with van der Waals surface area (Å²) in [6.07, 6.45) is 0. The average Bonchev–Trinajstić information content (AvgIpc) is 2.34. The first-order chi connectivity index (χ1) is 8.49. The van der Waals surface area contributed by atoms with Crippen LogP contribution in [0.5, 0.6) is 0 Å². The van der Waals surface area contributed by atoms with Gasteiger partial charge in [-0.15, -0.1) is 4.79 Å². The van der Waals surface area contributed by atoms with E-state index in [0.29, 0.717) is 0 Å². The van der Waals surface area contributed by atoms with Crippen molar-refractivity contribution in [3.05, 3.63) is 39.9 Å². The monoisotopic (exact) mass is 255 g/mol. The quantitative estimate of drug-likeness (QED) is 0.420. The summed E-state index contributed by atoms with van der Waals surface area (Å²) in [5.74, 6) is 1.53. The summed E-state index contributed by atoms with van der Waals surface area (Å²) in [5.41, 5.74) is -0.682. The van der Waals surface area contributed by atoms with E-state index < -0.39 is 33.2 Å². The summed E-state index contributed by atoms with van der Waals surface area (Å²) in [6.45, 7) is 0. The fraction of sp³-hybridized carbons (Fsp3) is 0. The van der Waals surface area contributed by atoms with Crippen LogP contribution in [0.1, 0.15) is 10.4 Å². The van der Waals surface area contributed by atoms with Crippen molar-refractivity contribution in [2.45, 2.75) is 0 Å². The number of benzene rings is 1. The van der Waals surface area contributed by atoms with Crippen LogP contribution in [-0.2, 0) is 0 Å². The zero-order valence-electron chi connectivity index (χ0n) is 8.78. The van der Waals surface area contributed by atoms with Crippen LogP contribution in [0.3, 0.4) is 0 Å². The minimum atomic E-state index is -1.85. The second-order valence-corrected chi connectivity index (χ2v) is 3.42. The van der Waals surface area contributed by atoms with Gasteiger partial charge in [-0.2, -0.15) is 4.39 Å². The summed E-state index contributed by atoms with van der Waals surface area (Å²) in [4.78, 5) is 22.1. The standard InChI is InChI=1S/C10H7F2N3O3/c11-9-7(10(17)18)8(16)6-4(14-13)2-1-3-5(6)15(9)12/h1-3,14H,13H2,(H,17,18). The highest BCUT2D eigenvalue weighted by Crippen LogP contribution is 2.22. The molecule has 0 unspecified atom stereocenters. The van der Waals surface area contributed by atoms with Gasteiger partial charge in [0.15, 0.2) is 5.56 Å². The molecule has 1 heterocycles. The largest absolute Gasteiger partial charge is 0.477 e. The second-order valence-electron chi connectivity index (χ2n) is 3.42. The number of nitrogens with zero attached hydrogens (tertiary/aromatic N) is 1. The minimum absolute atomic E-state index is 0.00593. The number of hydrazine groups is 1. The summed E-state index contributed by atoms with van der Waals surface area (Å²) >= 11 is 0. The Balaban J connectivity index is 3.09. The number of aromatic nitrogens is 1. The highest BCUT2D eigenvalue weighted by atomic mass is 19.2. The minimum Gasteiger partial charge on any atom is -0.477 e. The lowest BCUT2D eigenvalue weighted by Gasteiger charge is -2.09. The lowest BCUT2D eigenvalue weighted by molar-refractivity contribution is 0.0685. The first kappa shape index (κ1) is 12.0. The van der Waals surface area contributed by atoms with Crippen LogP contribution in [0.15, 0.2) is 23.0 Å². The summed E-state index contributed by atoms with van der Waals surface area (Å²) in [5, 5.41) is 8.39. The van der Waals surface area contributed by atoms with Crippen LogP contribution in [-0.4, -0.2) is 15.9 Å². The van der Waals surface area contributed by atoms with Gasteiger partial charge in [0, 0.05) is 0 Å². The zero-order valence-corrected chi connectivity index (χ0v) is 8.78. The number of carboxylic acids is 1.